The number of aliphatic hydroxyl groups is 1. The molecule has 5 nitrogen and oxygen atoms in total. The molecule has 0 spiro atoms. The van der Waals surface area contributed by atoms with Crippen LogP contribution >= 0.6 is 0 Å². The SMILES string of the molecule is Cc1c(CN(C)CC2CCCCC2O)c(=O)n(-c2ccccc2)n1C. The van der Waals surface area contributed by atoms with Crippen LogP contribution in [0, 0.1) is 12.8 Å². The molecule has 0 amide bonds. The first kappa shape index (κ1) is 18.0. The van der Waals surface area contributed by atoms with Gasteiger partial charge in [-0.1, -0.05) is 31.0 Å². The van der Waals surface area contributed by atoms with E-state index in [0.717, 1.165) is 42.8 Å². The third kappa shape index (κ3) is 3.72. The Bertz CT molecular complexity index is 763. The minimum absolute atomic E-state index is 0.0437. The van der Waals surface area contributed by atoms with Gasteiger partial charge < -0.3 is 10.0 Å². The van der Waals surface area contributed by atoms with Gasteiger partial charge in [0.2, 0.25) is 0 Å². The van der Waals surface area contributed by atoms with E-state index in [1.54, 1.807) is 4.68 Å². The van der Waals surface area contributed by atoms with E-state index >= 15 is 0 Å². The Balaban J connectivity index is 1.80. The molecule has 25 heavy (non-hydrogen) atoms. The average Bonchev–Trinajstić information content (AvgIpc) is 2.81. The van der Waals surface area contributed by atoms with Crippen LogP contribution in [0.3, 0.4) is 0 Å². The second kappa shape index (κ2) is 7.58. The number of benzene rings is 1. The number of aliphatic hydroxyl groups excluding tert-OH is 1. The Labute approximate surface area is 149 Å². The third-order valence-corrected chi connectivity index (χ3v) is 5.52. The van der Waals surface area contributed by atoms with Gasteiger partial charge in [0.05, 0.1) is 17.4 Å². The Morgan fingerprint density at radius 2 is 1.88 bits per heavy atom. The van der Waals surface area contributed by atoms with Gasteiger partial charge in [-0.15, -0.1) is 0 Å². The molecule has 1 aromatic heterocycles. The van der Waals surface area contributed by atoms with Gasteiger partial charge in [0.15, 0.2) is 0 Å². The summed E-state index contributed by atoms with van der Waals surface area (Å²) in [6.07, 6.45) is 4.10. The van der Waals surface area contributed by atoms with Gasteiger partial charge in [0.1, 0.15) is 0 Å². The molecule has 2 aromatic rings. The summed E-state index contributed by atoms with van der Waals surface area (Å²) in [6.45, 7) is 3.45. The van der Waals surface area contributed by atoms with Gasteiger partial charge in [-0.2, -0.15) is 0 Å². The molecule has 1 aliphatic carbocycles. The van der Waals surface area contributed by atoms with Crippen molar-refractivity contribution in [3.8, 4) is 5.69 Å². The first-order chi connectivity index (χ1) is 12.0. The van der Waals surface area contributed by atoms with E-state index < -0.39 is 0 Å². The molecule has 3 rings (SSSR count). The lowest BCUT2D eigenvalue weighted by Crippen LogP contribution is -2.35. The highest BCUT2D eigenvalue weighted by Gasteiger charge is 2.25. The van der Waals surface area contributed by atoms with Gasteiger partial charge in [-0.25, -0.2) is 4.68 Å². The molecular formula is C20H29N3O2. The quantitative estimate of drug-likeness (QED) is 0.907. The second-order valence-corrected chi connectivity index (χ2v) is 7.35. The van der Waals surface area contributed by atoms with Crippen molar-refractivity contribution in [2.75, 3.05) is 13.6 Å². The van der Waals surface area contributed by atoms with Gasteiger partial charge in [0.25, 0.3) is 5.56 Å². The fraction of sp³-hybridized carbons (Fsp3) is 0.550. The molecule has 2 unspecified atom stereocenters. The monoisotopic (exact) mass is 343 g/mol. The maximum Gasteiger partial charge on any atom is 0.276 e. The van der Waals surface area contributed by atoms with Crippen LogP contribution in [0.5, 0.6) is 0 Å². The highest BCUT2D eigenvalue weighted by atomic mass is 16.3. The summed E-state index contributed by atoms with van der Waals surface area (Å²) in [5, 5.41) is 10.2. The fourth-order valence-electron chi connectivity index (χ4n) is 3.94. The smallest absolute Gasteiger partial charge is 0.276 e. The highest BCUT2D eigenvalue weighted by molar-refractivity contribution is 5.33. The highest BCUT2D eigenvalue weighted by Crippen LogP contribution is 2.25. The molecule has 5 heteroatoms. The Morgan fingerprint density at radius 1 is 1.20 bits per heavy atom. The Hall–Kier alpha value is -1.85. The van der Waals surface area contributed by atoms with Crippen LogP contribution in [0.2, 0.25) is 0 Å². The van der Waals surface area contributed by atoms with Crippen LogP contribution in [0.4, 0.5) is 0 Å². The second-order valence-electron chi connectivity index (χ2n) is 7.35. The normalized spacial score (nSPS) is 21.0. The number of hydrogen-bond acceptors (Lipinski definition) is 3. The maximum absolute atomic E-state index is 13.0. The summed E-state index contributed by atoms with van der Waals surface area (Å²) in [5.41, 5.74) is 2.75. The Morgan fingerprint density at radius 3 is 2.56 bits per heavy atom. The molecule has 0 saturated heterocycles. The molecule has 1 fully saturated rings. The predicted molar refractivity (Wildman–Crippen MR) is 100 cm³/mol. The number of rotatable bonds is 5. The van der Waals surface area contributed by atoms with E-state index in [4.69, 9.17) is 0 Å². The topological polar surface area (TPSA) is 50.4 Å². The predicted octanol–water partition coefficient (Wildman–Crippen LogP) is 2.47. The molecule has 0 bridgehead atoms. The molecule has 1 N–H and O–H groups in total. The summed E-state index contributed by atoms with van der Waals surface area (Å²) >= 11 is 0. The van der Waals surface area contributed by atoms with Crippen molar-refractivity contribution in [1.82, 2.24) is 14.3 Å². The zero-order valence-electron chi connectivity index (χ0n) is 15.5. The molecule has 1 saturated carbocycles. The Kier molecular flexibility index (Phi) is 5.45. The summed E-state index contributed by atoms with van der Waals surface area (Å²) in [6, 6.07) is 9.74. The van der Waals surface area contributed by atoms with Crippen LogP contribution in [0.1, 0.15) is 36.9 Å². The standard InChI is InChI=1S/C20H29N3O2/c1-15-18(14-21(2)13-16-9-7-8-12-19(16)24)20(25)23(22(15)3)17-10-5-4-6-11-17/h4-6,10-11,16,19,24H,7-9,12-14H2,1-3H3. The molecule has 136 valence electrons. The molecule has 1 aliphatic rings. The van der Waals surface area contributed by atoms with Crippen molar-refractivity contribution in [3.05, 3.63) is 51.9 Å². The van der Waals surface area contributed by atoms with E-state index in [0.29, 0.717) is 12.5 Å². The average molecular weight is 343 g/mol. The maximum atomic E-state index is 13.0. The van der Waals surface area contributed by atoms with Crippen LogP contribution in [0.25, 0.3) is 5.69 Å². The van der Waals surface area contributed by atoms with Crippen molar-refractivity contribution in [1.29, 1.82) is 0 Å². The van der Waals surface area contributed by atoms with Gasteiger partial charge in [0, 0.05) is 25.8 Å². The summed E-state index contributed by atoms with van der Waals surface area (Å²) in [7, 11) is 3.97. The van der Waals surface area contributed by atoms with Gasteiger partial charge >= 0.3 is 0 Å². The van der Waals surface area contributed by atoms with E-state index in [-0.39, 0.29) is 11.7 Å². The van der Waals surface area contributed by atoms with Crippen LogP contribution in [0.15, 0.2) is 35.1 Å². The lowest BCUT2D eigenvalue weighted by atomic mass is 9.86. The van der Waals surface area contributed by atoms with E-state index in [1.807, 2.05) is 56.0 Å². The van der Waals surface area contributed by atoms with Crippen molar-refractivity contribution in [3.63, 3.8) is 0 Å². The number of nitrogens with zero attached hydrogens (tertiary/aromatic N) is 3. The summed E-state index contributed by atoms with van der Waals surface area (Å²) in [5.74, 6) is 0.319. The first-order valence-corrected chi connectivity index (χ1v) is 9.18. The minimum atomic E-state index is -0.200. The van der Waals surface area contributed by atoms with Crippen molar-refractivity contribution in [2.45, 2.75) is 45.3 Å². The zero-order chi connectivity index (χ0) is 18.0. The van der Waals surface area contributed by atoms with Crippen molar-refractivity contribution < 1.29 is 5.11 Å². The number of para-hydroxylation sites is 1. The van der Waals surface area contributed by atoms with Gasteiger partial charge in [-0.3, -0.25) is 9.48 Å². The molecule has 1 heterocycles. The molecule has 0 aliphatic heterocycles. The molecule has 2 atom stereocenters. The largest absolute Gasteiger partial charge is 0.393 e. The lowest BCUT2D eigenvalue weighted by Gasteiger charge is -2.31. The molecule has 0 radical (unpaired) electrons. The fourth-order valence-corrected chi connectivity index (χ4v) is 3.94. The van der Waals surface area contributed by atoms with E-state index in [2.05, 4.69) is 4.90 Å². The van der Waals surface area contributed by atoms with Crippen LogP contribution < -0.4 is 5.56 Å². The zero-order valence-corrected chi connectivity index (χ0v) is 15.5. The van der Waals surface area contributed by atoms with E-state index in [1.165, 1.54) is 6.42 Å². The third-order valence-electron chi connectivity index (χ3n) is 5.52. The first-order valence-electron chi connectivity index (χ1n) is 9.18. The van der Waals surface area contributed by atoms with Crippen molar-refractivity contribution in [2.24, 2.45) is 13.0 Å². The molecule has 1 aromatic carbocycles. The number of hydrogen-bond donors (Lipinski definition) is 1. The number of aromatic nitrogens is 2. The van der Waals surface area contributed by atoms with E-state index in [9.17, 15) is 9.90 Å². The minimum Gasteiger partial charge on any atom is -0.393 e. The van der Waals surface area contributed by atoms with Crippen LogP contribution in [-0.4, -0.2) is 39.1 Å². The summed E-state index contributed by atoms with van der Waals surface area (Å²) < 4.78 is 3.66. The lowest BCUT2D eigenvalue weighted by molar-refractivity contribution is 0.0501. The van der Waals surface area contributed by atoms with Crippen molar-refractivity contribution >= 4 is 0 Å². The van der Waals surface area contributed by atoms with Crippen LogP contribution in [-0.2, 0) is 13.6 Å². The summed E-state index contributed by atoms with van der Waals surface area (Å²) in [4.78, 5) is 15.1. The molecular weight excluding hydrogens is 314 g/mol. The van der Waals surface area contributed by atoms with Gasteiger partial charge in [-0.05, 0) is 44.9 Å².